The Hall–Kier alpha value is -0.870. The van der Waals surface area contributed by atoms with Crippen LogP contribution in [0.1, 0.15) is 45.2 Å². The molecule has 0 aromatic heterocycles. The summed E-state index contributed by atoms with van der Waals surface area (Å²) in [5, 5.41) is 6.35. The molecular weight excluding hydrogens is 304 g/mol. The summed E-state index contributed by atoms with van der Waals surface area (Å²) in [5.74, 6) is 0.100. The number of hydrogen-bond donors (Lipinski definition) is 2. The molecule has 0 radical (unpaired) electrons. The van der Waals surface area contributed by atoms with Crippen molar-refractivity contribution in [1.82, 2.24) is 10.6 Å². The van der Waals surface area contributed by atoms with Gasteiger partial charge in [-0.05, 0) is 37.6 Å². The number of halogens is 1. The molecule has 1 aromatic carbocycles. The van der Waals surface area contributed by atoms with Crippen molar-refractivity contribution in [2.45, 2.75) is 45.7 Å². The van der Waals surface area contributed by atoms with Crippen molar-refractivity contribution in [2.24, 2.45) is 0 Å². The fourth-order valence-electron chi connectivity index (χ4n) is 2.07. The fraction of sp³-hybridized carbons (Fsp3) is 0.533. The summed E-state index contributed by atoms with van der Waals surface area (Å²) in [6, 6.07) is 8.41. The quantitative estimate of drug-likeness (QED) is 0.806. The van der Waals surface area contributed by atoms with Crippen LogP contribution in [0.3, 0.4) is 0 Å². The number of carbonyl (C=O) groups excluding carboxylic acids is 1. The summed E-state index contributed by atoms with van der Waals surface area (Å²) in [6.45, 7) is 7.05. The molecule has 19 heavy (non-hydrogen) atoms. The molecule has 0 heterocycles. The molecule has 0 bridgehead atoms. The number of hydrogen-bond acceptors (Lipinski definition) is 2. The molecule has 1 amide bonds. The smallest absolute Gasteiger partial charge is 0.222 e. The average Bonchev–Trinajstić information content (AvgIpc) is 2.37. The van der Waals surface area contributed by atoms with E-state index in [1.165, 1.54) is 0 Å². The second-order valence-corrected chi connectivity index (χ2v) is 5.66. The van der Waals surface area contributed by atoms with Crippen LogP contribution in [0.5, 0.6) is 0 Å². The standard InChI is InChI=1S/C15H23BrN2O/c1-4-14(12-6-8-13(16)9-7-12)18-15(19)10-11(3)17-5-2/h6-9,11,14,17H,4-5,10H2,1-3H3,(H,18,19). The van der Waals surface area contributed by atoms with Crippen LogP contribution in [-0.2, 0) is 4.79 Å². The minimum Gasteiger partial charge on any atom is -0.349 e. The van der Waals surface area contributed by atoms with Crippen molar-refractivity contribution in [3.8, 4) is 0 Å². The zero-order chi connectivity index (χ0) is 14.3. The highest BCUT2D eigenvalue weighted by molar-refractivity contribution is 9.10. The van der Waals surface area contributed by atoms with Gasteiger partial charge in [0.15, 0.2) is 0 Å². The van der Waals surface area contributed by atoms with Gasteiger partial charge in [0.2, 0.25) is 5.91 Å². The van der Waals surface area contributed by atoms with Crippen molar-refractivity contribution >= 4 is 21.8 Å². The van der Waals surface area contributed by atoms with Crippen LogP contribution in [0, 0.1) is 0 Å². The molecule has 1 rings (SSSR count). The van der Waals surface area contributed by atoms with Crippen LogP contribution in [0.15, 0.2) is 28.7 Å². The minimum absolute atomic E-state index is 0.0921. The van der Waals surface area contributed by atoms with Crippen LogP contribution in [0.25, 0.3) is 0 Å². The monoisotopic (exact) mass is 326 g/mol. The first kappa shape index (κ1) is 16.2. The Morgan fingerprint density at radius 3 is 2.42 bits per heavy atom. The summed E-state index contributed by atoms with van der Waals surface area (Å²) in [7, 11) is 0. The van der Waals surface area contributed by atoms with Gasteiger partial charge in [-0.1, -0.05) is 41.9 Å². The maximum atomic E-state index is 12.0. The van der Waals surface area contributed by atoms with E-state index in [2.05, 4.69) is 33.5 Å². The van der Waals surface area contributed by atoms with Crippen molar-refractivity contribution in [3.63, 3.8) is 0 Å². The van der Waals surface area contributed by atoms with Gasteiger partial charge in [0, 0.05) is 16.9 Å². The lowest BCUT2D eigenvalue weighted by Gasteiger charge is -2.19. The van der Waals surface area contributed by atoms with Gasteiger partial charge in [-0.3, -0.25) is 4.79 Å². The predicted molar refractivity (Wildman–Crippen MR) is 83.1 cm³/mol. The molecule has 0 spiro atoms. The Bertz CT molecular complexity index is 392. The zero-order valence-corrected chi connectivity index (χ0v) is 13.5. The third-order valence-corrected chi connectivity index (χ3v) is 3.59. The Morgan fingerprint density at radius 2 is 1.89 bits per heavy atom. The Morgan fingerprint density at radius 1 is 1.26 bits per heavy atom. The summed E-state index contributed by atoms with van der Waals surface area (Å²) in [6.07, 6.45) is 1.41. The second-order valence-electron chi connectivity index (χ2n) is 4.74. The largest absolute Gasteiger partial charge is 0.349 e. The van der Waals surface area contributed by atoms with Crippen LogP contribution >= 0.6 is 15.9 Å². The maximum Gasteiger partial charge on any atom is 0.222 e. The van der Waals surface area contributed by atoms with Crippen LogP contribution in [0.4, 0.5) is 0 Å². The first-order chi connectivity index (χ1) is 9.06. The molecule has 4 heteroatoms. The molecule has 1 aromatic rings. The zero-order valence-electron chi connectivity index (χ0n) is 11.9. The predicted octanol–water partition coefficient (Wildman–Crippen LogP) is 3.40. The van der Waals surface area contributed by atoms with E-state index in [-0.39, 0.29) is 18.0 Å². The van der Waals surface area contributed by atoms with Crippen molar-refractivity contribution in [1.29, 1.82) is 0 Å². The second kappa shape index (κ2) is 8.33. The van der Waals surface area contributed by atoms with E-state index in [0.717, 1.165) is 23.0 Å². The molecule has 106 valence electrons. The molecule has 2 N–H and O–H groups in total. The van der Waals surface area contributed by atoms with E-state index in [1.807, 2.05) is 38.1 Å². The summed E-state index contributed by atoms with van der Waals surface area (Å²) in [4.78, 5) is 12.0. The summed E-state index contributed by atoms with van der Waals surface area (Å²) >= 11 is 3.42. The van der Waals surface area contributed by atoms with Gasteiger partial charge >= 0.3 is 0 Å². The Kier molecular flexibility index (Phi) is 7.10. The van der Waals surface area contributed by atoms with Crippen LogP contribution in [-0.4, -0.2) is 18.5 Å². The highest BCUT2D eigenvalue weighted by Gasteiger charge is 2.14. The number of carbonyl (C=O) groups is 1. The van der Waals surface area contributed by atoms with Crippen molar-refractivity contribution in [3.05, 3.63) is 34.3 Å². The number of amides is 1. The Labute approximate surface area is 124 Å². The molecule has 2 unspecified atom stereocenters. The lowest BCUT2D eigenvalue weighted by atomic mass is 10.0. The fourth-order valence-corrected chi connectivity index (χ4v) is 2.33. The van der Waals surface area contributed by atoms with E-state index in [0.29, 0.717) is 6.42 Å². The molecule has 0 aliphatic carbocycles. The van der Waals surface area contributed by atoms with Gasteiger partial charge < -0.3 is 10.6 Å². The first-order valence-corrected chi connectivity index (χ1v) is 7.64. The molecular formula is C15H23BrN2O. The highest BCUT2D eigenvalue weighted by atomic mass is 79.9. The third-order valence-electron chi connectivity index (χ3n) is 3.06. The van der Waals surface area contributed by atoms with Crippen LogP contribution in [0.2, 0.25) is 0 Å². The Balaban J connectivity index is 2.56. The van der Waals surface area contributed by atoms with E-state index >= 15 is 0 Å². The molecule has 0 aliphatic heterocycles. The van der Waals surface area contributed by atoms with E-state index in [4.69, 9.17) is 0 Å². The number of nitrogens with one attached hydrogen (secondary N) is 2. The van der Waals surface area contributed by atoms with Gasteiger partial charge in [-0.2, -0.15) is 0 Å². The number of benzene rings is 1. The molecule has 0 saturated carbocycles. The van der Waals surface area contributed by atoms with Crippen molar-refractivity contribution < 1.29 is 4.79 Å². The highest BCUT2D eigenvalue weighted by Crippen LogP contribution is 2.19. The van der Waals surface area contributed by atoms with E-state index in [1.54, 1.807) is 0 Å². The molecule has 0 saturated heterocycles. The SMILES string of the molecule is CCNC(C)CC(=O)NC(CC)c1ccc(Br)cc1. The van der Waals surface area contributed by atoms with Crippen molar-refractivity contribution in [2.75, 3.05) is 6.54 Å². The van der Waals surface area contributed by atoms with Gasteiger partial charge in [0.1, 0.15) is 0 Å². The first-order valence-electron chi connectivity index (χ1n) is 6.85. The van der Waals surface area contributed by atoms with Crippen LogP contribution < -0.4 is 10.6 Å². The van der Waals surface area contributed by atoms with Gasteiger partial charge in [-0.15, -0.1) is 0 Å². The third kappa shape index (κ3) is 5.74. The molecule has 3 nitrogen and oxygen atoms in total. The average molecular weight is 327 g/mol. The molecule has 2 atom stereocenters. The van der Waals surface area contributed by atoms with E-state index < -0.39 is 0 Å². The normalized spacial score (nSPS) is 13.9. The van der Waals surface area contributed by atoms with E-state index in [9.17, 15) is 4.79 Å². The molecule has 0 fully saturated rings. The lowest BCUT2D eigenvalue weighted by molar-refractivity contribution is -0.122. The van der Waals surface area contributed by atoms with Gasteiger partial charge in [0.25, 0.3) is 0 Å². The van der Waals surface area contributed by atoms with Gasteiger partial charge in [-0.25, -0.2) is 0 Å². The topological polar surface area (TPSA) is 41.1 Å². The van der Waals surface area contributed by atoms with Gasteiger partial charge in [0.05, 0.1) is 6.04 Å². The number of rotatable bonds is 7. The summed E-state index contributed by atoms with van der Waals surface area (Å²) < 4.78 is 1.05. The lowest BCUT2D eigenvalue weighted by Crippen LogP contribution is -2.35. The molecule has 0 aliphatic rings. The maximum absolute atomic E-state index is 12.0. The summed E-state index contributed by atoms with van der Waals surface area (Å²) in [5.41, 5.74) is 1.15. The minimum atomic E-state index is 0.0921.